The van der Waals surface area contributed by atoms with Crippen molar-refractivity contribution in [1.29, 1.82) is 0 Å². The Kier molecular flexibility index (Phi) is 8.32. The maximum absolute atomic E-state index is 13.8. The summed E-state index contributed by atoms with van der Waals surface area (Å²) < 4.78 is 19.1. The van der Waals surface area contributed by atoms with Crippen LogP contribution in [0.4, 0.5) is 0 Å². The van der Waals surface area contributed by atoms with Crippen molar-refractivity contribution >= 4 is 45.3 Å². The van der Waals surface area contributed by atoms with Gasteiger partial charge in [0.2, 0.25) is 0 Å². The van der Waals surface area contributed by atoms with Crippen LogP contribution in [0.15, 0.2) is 98.3 Å². The summed E-state index contributed by atoms with van der Waals surface area (Å²) in [4.78, 5) is 44.5. The third-order valence-electron chi connectivity index (χ3n) is 6.38. The van der Waals surface area contributed by atoms with E-state index < -0.39 is 18.0 Å². The van der Waals surface area contributed by atoms with Gasteiger partial charge in [-0.15, -0.1) is 0 Å². The van der Waals surface area contributed by atoms with Crippen molar-refractivity contribution in [2.45, 2.75) is 19.9 Å². The Morgan fingerprint density at radius 3 is 2.51 bits per heavy atom. The summed E-state index contributed by atoms with van der Waals surface area (Å²) in [6.45, 7) is 3.69. The van der Waals surface area contributed by atoms with Gasteiger partial charge in [0.1, 0.15) is 0 Å². The van der Waals surface area contributed by atoms with Crippen LogP contribution < -0.4 is 24.4 Å². The van der Waals surface area contributed by atoms with E-state index in [0.29, 0.717) is 37.5 Å². The molecule has 0 saturated carbocycles. The number of carbonyl (C=O) groups excluding carboxylic acids is 2. The Labute approximate surface area is 248 Å². The van der Waals surface area contributed by atoms with Gasteiger partial charge in [-0.3, -0.25) is 9.36 Å². The topological polar surface area (TPSA) is 96.2 Å². The molecule has 0 amide bonds. The third kappa shape index (κ3) is 5.79. The Balaban J connectivity index is 1.55. The van der Waals surface area contributed by atoms with E-state index in [1.165, 1.54) is 23.0 Å². The largest absolute Gasteiger partial charge is 0.493 e. The first kappa shape index (κ1) is 28.3. The molecule has 8 nitrogen and oxygen atoms in total. The van der Waals surface area contributed by atoms with Crippen molar-refractivity contribution in [1.82, 2.24) is 4.57 Å². The highest BCUT2D eigenvalue weighted by atomic mass is 79.9. The van der Waals surface area contributed by atoms with Crippen LogP contribution in [0.3, 0.4) is 0 Å². The molecule has 1 aliphatic heterocycles. The van der Waals surface area contributed by atoms with Crippen LogP contribution in [-0.2, 0) is 9.53 Å². The molecule has 0 bridgehead atoms. The van der Waals surface area contributed by atoms with Crippen molar-refractivity contribution in [2.75, 3.05) is 13.7 Å². The highest BCUT2D eigenvalue weighted by Crippen LogP contribution is 2.31. The zero-order chi connectivity index (χ0) is 29.1. The van der Waals surface area contributed by atoms with Crippen LogP contribution in [0.2, 0.25) is 0 Å². The summed E-state index contributed by atoms with van der Waals surface area (Å²) in [5.41, 5.74) is 2.36. The number of esters is 2. The monoisotopic (exact) mass is 632 g/mol. The number of hydrogen-bond acceptors (Lipinski definition) is 8. The minimum absolute atomic E-state index is 0.206. The van der Waals surface area contributed by atoms with Gasteiger partial charge >= 0.3 is 11.9 Å². The lowest BCUT2D eigenvalue weighted by molar-refractivity contribution is -0.139. The first-order chi connectivity index (χ1) is 19.8. The SMILES string of the molecule is CCOC(=O)C1=C(C)N=c2sc(=Cc3ccc(OC(=O)c4cccc(Br)c4)c(OC)c3)c(=O)n2[C@@H]1c1ccccc1. The molecule has 5 rings (SSSR count). The van der Waals surface area contributed by atoms with E-state index in [-0.39, 0.29) is 17.9 Å². The molecule has 0 spiro atoms. The van der Waals surface area contributed by atoms with Crippen LogP contribution in [0.25, 0.3) is 6.08 Å². The van der Waals surface area contributed by atoms with E-state index in [9.17, 15) is 14.4 Å². The zero-order valence-electron chi connectivity index (χ0n) is 22.4. The van der Waals surface area contributed by atoms with Crippen LogP contribution in [-0.4, -0.2) is 30.2 Å². The second-order valence-corrected chi connectivity index (χ2v) is 10.9. The number of halogens is 1. The summed E-state index contributed by atoms with van der Waals surface area (Å²) in [6, 6.07) is 20.6. The highest BCUT2D eigenvalue weighted by molar-refractivity contribution is 9.10. The van der Waals surface area contributed by atoms with Crippen molar-refractivity contribution in [3.05, 3.63) is 125 Å². The minimum atomic E-state index is -0.678. The Bertz CT molecular complexity index is 1860. The molecule has 4 aromatic rings. The normalized spacial score (nSPS) is 14.7. The molecule has 0 unspecified atom stereocenters. The molecule has 1 aromatic heterocycles. The van der Waals surface area contributed by atoms with Crippen molar-refractivity contribution < 1.29 is 23.8 Å². The molecular weight excluding hydrogens is 608 g/mol. The second kappa shape index (κ2) is 12.1. The maximum atomic E-state index is 13.8. The van der Waals surface area contributed by atoms with Crippen LogP contribution >= 0.6 is 27.3 Å². The fraction of sp³-hybridized carbons (Fsp3) is 0.161. The van der Waals surface area contributed by atoms with Gasteiger partial charge in [-0.25, -0.2) is 14.6 Å². The van der Waals surface area contributed by atoms with Crippen LogP contribution in [0.5, 0.6) is 11.5 Å². The number of allylic oxidation sites excluding steroid dienone is 1. The highest BCUT2D eigenvalue weighted by Gasteiger charge is 2.33. The molecule has 1 aliphatic rings. The number of aromatic nitrogens is 1. The molecule has 2 heterocycles. The number of fused-ring (bicyclic) bond motifs is 1. The summed E-state index contributed by atoms with van der Waals surface area (Å²) >= 11 is 4.58. The Hall–Kier alpha value is -4.28. The molecule has 3 aromatic carbocycles. The molecule has 0 saturated heterocycles. The van der Waals surface area contributed by atoms with Gasteiger partial charge < -0.3 is 14.2 Å². The number of methoxy groups -OCH3 is 1. The van der Waals surface area contributed by atoms with Gasteiger partial charge in [0, 0.05) is 4.47 Å². The van der Waals surface area contributed by atoms with Gasteiger partial charge in [-0.05, 0) is 61.4 Å². The Morgan fingerprint density at radius 1 is 1.02 bits per heavy atom. The molecular formula is C31H25BrN2O6S. The van der Waals surface area contributed by atoms with Crippen LogP contribution in [0.1, 0.15) is 41.4 Å². The van der Waals surface area contributed by atoms with Gasteiger partial charge in [0.25, 0.3) is 5.56 Å². The summed E-state index contributed by atoms with van der Waals surface area (Å²) in [5, 5.41) is 0. The standard InChI is InChI=1S/C31H25BrN2O6S/c1-4-39-30(37)26-18(2)33-31-34(27(26)20-9-6-5-7-10-20)28(35)25(41-31)16-19-13-14-23(24(15-19)38-3)40-29(36)21-11-8-12-22(32)17-21/h5-17,27H,4H2,1-3H3/t27-/m1/s1. The van der Waals surface area contributed by atoms with Crippen molar-refractivity contribution in [3.8, 4) is 11.5 Å². The molecule has 41 heavy (non-hydrogen) atoms. The minimum Gasteiger partial charge on any atom is -0.493 e. The van der Waals surface area contributed by atoms with E-state index in [4.69, 9.17) is 14.2 Å². The zero-order valence-corrected chi connectivity index (χ0v) is 24.8. The average molecular weight is 634 g/mol. The number of carbonyl (C=O) groups is 2. The fourth-order valence-corrected chi connectivity index (χ4v) is 5.97. The van der Waals surface area contributed by atoms with Gasteiger partial charge in [0.05, 0.1) is 41.1 Å². The predicted molar refractivity (Wildman–Crippen MR) is 159 cm³/mol. The summed E-state index contributed by atoms with van der Waals surface area (Å²) in [7, 11) is 1.48. The first-order valence-electron chi connectivity index (χ1n) is 12.7. The lowest BCUT2D eigenvalue weighted by Crippen LogP contribution is -2.39. The number of nitrogens with zero attached hydrogens (tertiary/aromatic N) is 2. The molecule has 1 atom stereocenters. The molecule has 0 fully saturated rings. The van der Waals surface area contributed by atoms with Gasteiger partial charge in [-0.1, -0.05) is 69.7 Å². The molecule has 0 N–H and O–H groups in total. The summed E-state index contributed by atoms with van der Waals surface area (Å²) in [5.74, 6) is -0.457. The summed E-state index contributed by atoms with van der Waals surface area (Å²) in [6.07, 6.45) is 1.72. The quantitative estimate of drug-likeness (QED) is 0.215. The third-order valence-corrected chi connectivity index (χ3v) is 7.86. The Morgan fingerprint density at radius 2 is 1.80 bits per heavy atom. The number of rotatable bonds is 7. The smallest absolute Gasteiger partial charge is 0.343 e. The van der Waals surface area contributed by atoms with E-state index in [0.717, 1.165) is 10.0 Å². The lowest BCUT2D eigenvalue weighted by atomic mass is 9.96. The predicted octanol–water partition coefficient (Wildman–Crippen LogP) is 4.79. The van der Waals surface area contributed by atoms with E-state index in [1.54, 1.807) is 56.3 Å². The molecule has 0 radical (unpaired) electrons. The number of hydrogen-bond donors (Lipinski definition) is 0. The number of benzene rings is 3. The van der Waals surface area contributed by atoms with Crippen molar-refractivity contribution in [2.24, 2.45) is 4.99 Å². The molecule has 10 heteroatoms. The first-order valence-corrected chi connectivity index (χ1v) is 14.3. The molecule has 208 valence electrons. The van der Waals surface area contributed by atoms with Crippen LogP contribution in [0, 0.1) is 0 Å². The lowest BCUT2D eigenvalue weighted by Gasteiger charge is -2.24. The van der Waals surface area contributed by atoms with E-state index >= 15 is 0 Å². The number of ether oxygens (including phenoxy) is 3. The average Bonchev–Trinajstić information content (AvgIpc) is 3.27. The van der Waals surface area contributed by atoms with E-state index in [2.05, 4.69) is 20.9 Å². The fourth-order valence-electron chi connectivity index (χ4n) is 4.53. The van der Waals surface area contributed by atoms with Gasteiger partial charge in [-0.2, -0.15) is 0 Å². The second-order valence-electron chi connectivity index (χ2n) is 9.02. The number of thiazole rings is 1. The van der Waals surface area contributed by atoms with Gasteiger partial charge in [0.15, 0.2) is 16.3 Å². The van der Waals surface area contributed by atoms with Crippen molar-refractivity contribution in [3.63, 3.8) is 0 Å². The maximum Gasteiger partial charge on any atom is 0.343 e. The molecule has 0 aliphatic carbocycles. The van der Waals surface area contributed by atoms with E-state index in [1.807, 2.05) is 36.4 Å².